The van der Waals surface area contributed by atoms with Crippen molar-refractivity contribution in [3.63, 3.8) is 0 Å². The predicted molar refractivity (Wildman–Crippen MR) is 72.9 cm³/mol. The molecule has 2 rings (SSSR count). The molecule has 1 nitrogen and oxygen atoms in total. The number of aryl methyl sites for hydroxylation is 1. The Morgan fingerprint density at radius 2 is 1.94 bits per heavy atom. The van der Waals surface area contributed by atoms with Crippen LogP contribution in [0.3, 0.4) is 0 Å². The smallest absolute Gasteiger partial charge is 0.0910 e. The molecule has 0 radical (unpaired) electrons. The molecular weight excluding hydrogens is 284 g/mol. The van der Waals surface area contributed by atoms with Crippen molar-refractivity contribution in [1.82, 2.24) is 0 Å². The van der Waals surface area contributed by atoms with E-state index in [-0.39, 0.29) is 6.10 Å². The first-order valence-electron chi connectivity index (χ1n) is 6.12. The van der Waals surface area contributed by atoms with Gasteiger partial charge in [0.15, 0.2) is 0 Å². The van der Waals surface area contributed by atoms with E-state index in [1.54, 1.807) is 11.3 Å². The van der Waals surface area contributed by atoms with Crippen LogP contribution >= 0.6 is 27.3 Å². The van der Waals surface area contributed by atoms with Gasteiger partial charge in [-0.25, -0.2) is 0 Å². The zero-order chi connectivity index (χ0) is 11.5. The summed E-state index contributed by atoms with van der Waals surface area (Å²) >= 11 is 5.25. The zero-order valence-electron chi connectivity index (χ0n) is 9.71. The minimum atomic E-state index is -0.243. The summed E-state index contributed by atoms with van der Waals surface area (Å²) in [5.41, 5.74) is 0. The Labute approximate surface area is 110 Å². The molecule has 0 bridgehead atoms. The van der Waals surface area contributed by atoms with Crippen LogP contribution in [0.15, 0.2) is 10.5 Å². The van der Waals surface area contributed by atoms with Crippen LogP contribution in [-0.4, -0.2) is 5.11 Å². The standard InChI is InChI=1S/C13H19BrOS/c1-9-11(14)8-12(16-9)13(15)10-6-4-2-3-5-7-10/h8,10,13,15H,2-7H2,1H3. The second-order valence-corrected chi connectivity index (χ2v) is 6.89. The van der Waals surface area contributed by atoms with Crippen LogP contribution < -0.4 is 0 Å². The summed E-state index contributed by atoms with van der Waals surface area (Å²) in [5, 5.41) is 10.4. The minimum absolute atomic E-state index is 0.243. The molecule has 1 fully saturated rings. The van der Waals surface area contributed by atoms with E-state index in [0.717, 1.165) is 9.35 Å². The molecule has 1 saturated carbocycles. The predicted octanol–water partition coefficient (Wildman–Crippen LogP) is 4.82. The molecule has 0 aromatic carbocycles. The quantitative estimate of drug-likeness (QED) is 0.776. The summed E-state index contributed by atoms with van der Waals surface area (Å²) in [6, 6.07) is 2.09. The molecule has 1 atom stereocenters. The molecule has 1 unspecified atom stereocenters. The molecule has 0 aliphatic heterocycles. The van der Waals surface area contributed by atoms with Gasteiger partial charge in [-0.3, -0.25) is 0 Å². The monoisotopic (exact) mass is 302 g/mol. The van der Waals surface area contributed by atoms with Crippen molar-refractivity contribution in [3.8, 4) is 0 Å². The van der Waals surface area contributed by atoms with Crippen LogP contribution in [0, 0.1) is 12.8 Å². The highest BCUT2D eigenvalue weighted by Gasteiger charge is 2.23. The van der Waals surface area contributed by atoms with Gasteiger partial charge in [0.2, 0.25) is 0 Å². The van der Waals surface area contributed by atoms with Crippen LogP contribution in [0.1, 0.15) is 54.4 Å². The summed E-state index contributed by atoms with van der Waals surface area (Å²) in [5.74, 6) is 0.479. The van der Waals surface area contributed by atoms with Gasteiger partial charge < -0.3 is 5.11 Å². The summed E-state index contributed by atoms with van der Waals surface area (Å²) in [6.45, 7) is 2.10. The van der Waals surface area contributed by atoms with Gasteiger partial charge in [-0.1, -0.05) is 25.7 Å². The topological polar surface area (TPSA) is 20.2 Å². The minimum Gasteiger partial charge on any atom is -0.387 e. The third-order valence-electron chi connectivity index (χ3n) is 3.51. The third kappa shape index (κ3) is 2.88. The van der Waals surface area contributed by atoms with Crippen molar-refractivity contribution < 1.29 is 5.11 Å². The fourth-order valence-electron chi connectivity index (χ4n) is 2.49. The molecule has 1 aromatic rings. The summed E-state index contributed by atoms with van der Waals surface area (Å²) in [7, 11) is 0. The molecule has 0 amide bonds. The number of thiophene rings is 1. The lowest BCUT2D eigenvalue weighted by Crippen LogP contribution is -2.10. The lowest BCUT2D eigenvalue weighted by molar-refractivity contribution is 0.102. The van der Waals surface area contributed by atoms with Crippen molar-refractivity contribution in [2.45, 2.75) is 51.6 Å². The first kappa shape index (κ1) is 12.6. The fraction of sp³-hybridized carbons (Fsp3) is 0.692. The molecule has 1 aliphatic rings. The molecule has 1 N–H and O–H groups in total. The highest BCUT2D eigenvalue weighted by molar-refractivity contribution is 9.10. The van der Waals surface area contributed by atoms with E-state index in [4.69, 9.17) is 0 Å². The lowest BCUT2D eigenvalue weighted by Gasteiger charge is -2.19. The second kappa shape index (κ2) is 5.65. The normalized spacial score (nSPS) is 20.7. The molecule has 1 heterocycles. The highest BCUT2D eigenvalue weighted by atomic mass is 79.9. The highest BCUT2D eigenvalue weighted by Crippen LogP contribution is 2.38. The van der Waals surface area contributed by atoms with Crippen molar-refractivity contribution in [2.75, 3.05) is 0 Å². The second-order valence-electron chi connectivity index (χ2n) is 4.75. The number of halogens is 1. The Balaban J connectivity index is 2.07. The maximum Gasteiger partial charge on any atom is 0.0910 e. The molecular formula is C13H19BrOS. The molecule has 16 heavy (non-hydrogen) atoms. The molecule has 90 valence electrons. The van der Waals surface area contributed by atoms with E-state index in [1.807, 2.05) is 0 Å². The van der Waals surface area contributed by atoms with Crippen LogP contribution in [0.4, 0.5) is 0 Å². The summed E-state index contributed by atoms with van der Waals surface area (Å²) < 4.78 is 1.14. The van der Waals surface area contributed by atoms with Crippen molar-refractivity contribution in [2.24, 2.45) is 5.92 Å². The van der Waals surface area contributed by atoms with Gasteiger partial charge in [0.1, 0.15) is 0 Å². The largest absolute Gasteiger partial charge is 0.387 e. The van der Waals surface area contributed by atoms with Gasteiger partial charge in [0.25, 0.3) is 0 Å². The van der Waals surface area contributed by atoms with Gasteiger partial charge >= 0.3 is 0 Å². The Morgan fingerprint density at radius 1 is 1.31 bits per heavy atom. The molecule has 1 aliphatic carbocycles. The molecule has 0 saturated heterocycles. The number of aliphatic hydroxyl groups excluding tert-OH is 1. The number of rotatable bonds is 2. The average molecular weight is 303 g/mol. The average Bonchev–Trinajstić information content (AvgIpc) is 2.51. The first-order valence-corrected chi connectivity index (χ1v) is 7.73. The van der Waals surface area contributed by atoms with Crippen molar-refractivity contribution in [3.05, 3.63) is 20.3 Å². The van der Waals surface area contributed by atoms with E-state index in [1.165, 1.54) is 43.4 Å². The van der Waals surface area contributed by atoms with E-state index in [0.29, 0.717) is 5.92 Å². The Bertz CT molecular complexity index is 320. The van der Waals surface area contributed by atoms with E-state index in [9.17, 15) is 5.11 Å². The van der Waals surface area contributed by atoms with Gasteiger partial charge in [-0.05, 0) is 47.7 Å². The van der Waals surface area contributed by atoms with Crippen LogP contribution in [0.25, 0.3) is 0 Å². The number of hydrogen-bond donors (Lipinski definition) is 1. The van der Waals surface area contributed by atoms with Crippen molar-refractivity contribution in [1.29, 1.82) is 0 Å². The van der Waals surface area contributed by atoms with Gasteiger partial charge in [0, 0.05) is 14.2 Å². The van der Waals surface area contributed by atoms with Gasteiger partial charge in [0.05, 0.1) is 6.10 Å². The summed E-state index contributed by atoms with van der Waals surface area (Å²) in [4.78, 5) is 2.40. The maximum atomic E-state index is 10.4. The van der Waals surface area contributed by atoms with Gasteiger partial charge in [-0.2, -0.15) is 0 Å². The van der Waals surface area contributed by atoms with Crippen molar-refractivity contribution >= 4 is 27.3 Å². The van der Waals surface area contributed by atoms with Gasteiger partial charge in [-0.15, -0.1) is 11.3 Å². The SMILES string of the molecule is Cc1sc(C(O)C2CCCCCC2)cc1Br. The van der Waals surface area contributed by atoms with Crippen LogP contribution in [-0.2, 0) is 0 Å². The van der Waals surface area contributed by atoms with E-state index < -0.39 is 0 Å². The maximum absolute atomic E-state index is 10.4. The fourth-order valence-corrected chi connectivity index (χ4v) is 4.13. The zero-order valence-corrected chi connectivity index (χ0v) is 12.1. The van der Waals surface area contributed by atoms with Crippen LogP contribution in [0.5, 0.6) is 0 Å². The lowest BCUT2D eigenvalue weighted by atomic mass is 9.93. The Hall–Kier alpha value is 0.140. The van der Waals surface area contributed by atoms with E-state index >= 15 is 0 Å². The molecule has 1 aromatic heterocycles. The molecule has 3 heteroatoms. The Kier molecular flexibility index (Phi) is 4.45. The number of aliphatic hydroxyl groups is 1. The number of hydrogen-bond acceptors (Lipinski definition) is 2. The third-order valence-corrected chi connectivity index (χ3v) is 5.72. The van der Waals surface area contributed by atoms with Crippen LogP contribution in [0.2, 0.25) is 0 Å². The first-order chi connectivity index (χ1) is 7.68. The summed E-state index contributed by atoms with van der Waals surface area (Å²) in [6.07, 6.45) is 7.40. The van der Waals surface area contributed by atoms with E-state index in [2.05, 4.69) is 28.9 Å². The molecule has 0 spiro atoms. The Morgan fingerprint density at radius 3 is 2.44 bits per heavy atom.